The summed E-state index contributed by atoms with van der Waals surface area (Å²) in [6.45, 7) is 0.101. The number of amides is 15. The molecule has 0 aromatic carbocycles. The number of hydrogen-bond donors (Lipinski definition) is 29. The maximum absolute atomic E-state index is 14.5. The highest BCUT2D eigenvalue weighted by Crippen LogP contribution is 2.13. The van der Waals surface area contributed by atoms with E-state index in [-0.39, 0.29) is 144 Å². The van der Waals surface area contributed by atoms with Gasteiger partial charge in [-0.05, 0) is 132 Å². The minimum Gasteiger partial charge on any atom is -0.481 e. The van der Waals surface area contributed by atoms with Crippen LogP contribution in [-0.2, 0) is 81.5 Å². The molecule has 0 spiro atoms. The van der Waals surface area contributed by atoms with Gasteiger partial charge in [0, 0.05) is 39.0 Å². The molecule has 686 valence electrons. The first-order valence-electron chi connectivity index (χ1n) is 38.2. The van der Waals surface area contributed by atoms with Gasteiger partial charge >= 0.3 is 11.9 Å². The standard InChI is InChI=1S/C68H124N28O22S3/c1-33(2)50(95-60(113)40(16-17-46(70)100)89-61(114)44(31-97)93-58(111)42(20-27-120-5)91-55(108)38(13-9-24-81-67(75)76)87-52(105)35(69)15-18-49(103)104)62(115)92-43(21-28-121-6)57(110)88-39(14-10-25-82-68(77)78)56(109)90-41(19-26-119-4)54(107)84-29-47(101)85-36(11-7-22-79-65(71)72)53(106)83-30-48(102)86-37(12-8-23-80-66(73)74)59(112)96-51(34(3)99)63(116)94-45(32-98)64(117)118/h33-45,50-51,97-99H,7-32,69H2,1-6H3,(H2,70,100)(H,83,106)(H,84,107)(H,85,101)(H,86,102)(H,87,105)(H,88,110)(H,89,114)(H,90,109)(H,91,108)(H,92,115)(H,93,111)(H,94,116)(H,95,113)(H,96,112)(H,103,104)(H,117,118)(H4,71,72,79)(H4,73,74,80)(H4,75,76,81)(H4,77,78,82)/t34-,35+,36+,37+,38+,39+,40+,41+,42+,43+,44+,45+,50+,51+/m1/s1. The zero-order valence-electron chi connectivity index (χ0n) is 68.5. The predicted octanol–water partition coefficient (Wildman–Crippen LogP) is -12.9. The first-order valence-corrected chi connectivity index (χ1v) is 42.4. The van der Waals surface area contributed by atoms with Crippen LogP contribution in [0.3, 0.4) is 0 Å². The zero-order valence-corrected chi connectivity index (χ0v) is 71.0. The van der Waals surface area contributed by atoms with Crippen LogP contribution in [-0.4, -0.2) is 323 Å². The number of carbonyl (C=O) groups is 17. The third-order valence-electron chi connectivity index (χ3n) is 17.2. The summed E-state index contributed by atoms with van der Waals surface area (Å²) >= 11 is 3.79. The number of aliphatic hydroxyl groups is 3. The highest BCUT2D eigenvalue weighted by molar-refractivity contribution is 7.99. The Morgan fingerprint density at radius 3 is 0.934 bits per heavy atom. The number of thioether (sulfide) groups is 3. The fourth-order valence-corrected chi connectivity index (χ4v) is 12.0. The van der Waals surface area contributed by atoms with Gasteiger partial charge in [0.2, 0.25) is 88.6 Å². The van der Waals surface area contributed by atoms with Crippen molar-refractivity contribution >= 4 is 160 Å². The average Bonchev–Trinajstić information content (AvgIpc) is 0.859. The van der Waals surface area contributed by atoms with Crippen LogP contribution >= 0.6 is 35.3 Å². The lowest BCUT2D eigenvalue weighted by molar-refractivity contribution is -0.144. The number of aliphatic hydroxyl groups excluding tert-OH is 3. The topological polar surface area (TPSA) is 869 Å². The van der Waals surface area contributed by atoms with E-state index in [1.807, 2.05) is 5.32 Å². The van der Waals surface area contributed by atoms with E-state index in [1.54, 1.807) is 18.8 Å². The molecule has 39 N–H and O–H groups in total. The molecule has 0 heterocycles. The Morgan fingerprint density at radius 1 is 0.331 bits per heavy atom. The van der Waals surface area contributed by atoms with Crippen molar-refractivity contribution in [2.45, 2.75) is 202 Å². The van der Waals surface area contributed by atoms with Gasteiger partial charge in [0.15, 0.2) is 23.8 Å². The van der Waals surface area contributed by atoms with Gasteiger partial charge in [-0.25, -0.2) is 4.79 Å². The Kier molecular flexibility index (Phi) is 55.7. The van der Waals surface area contributed by atoms with Crippen LogP contribution in [0.25, 0.3) is 0 Å². The highest BCUT2D eigenvalue weighted by Gasteiger charge is 2.38. The van der Waals surface area contributed by atoms with Crippen LogP contribution in [0.15, 0.2) is 20.0 Å². The van der Waals surface area contributed by atoms with Gasteiger partial charge < -0.3 is 157 Å². The summed E-state index contributed by atoms with van der Waals surface area (Å²) in [6, 6.07) is -20.3. The molecular formula is C68H124N28O22S3. The largest absolute Gasteiger partial charge is 0.481 e. The van der Waals surface area contributed by atoms with Crippen LogP contribution in [0.5, 0.6) is 0 Å². The number of carbonyl (C=O) groups excluding carboxylic acids is 15. The Labute approximate surface area is 711 Å². The maximum atomic E-state index is 14.5. The van der Waals surface area contributed by atoms with Gasteiger partial charge in [-0.1, -0.05) is 13.8 Å². The number of primary amides is 1. The van der Waals surface area contributed by atoms with Gasteiger partial charge in [0.1, 0.15) is 72.5 Å². The number of carboxylic acids is 2. The molecule has 0 aliphatic carbocycles. The van der Waals surface area contributed by atoms with Gasteiger partial charge in [-0.3, -0.25) is 96.7 Å². The van der Waals surface area contributed by atoms with E-state index in [1.165, 1.54) is 49.1 Å². The summed E-state index contributed by atoms with van der Waals surface area (Å²) in [5.41, 5.74) is 55.1. The van der Waals surface area contributed by atoms with Crippen molar-refractivity contribution in [3.8, 4) is 0 Å². The second-order valence-corrected chi connectivity index (χ2v) is 30.5. The average molecular weight is 1780 g/mol. The number of nitrogens with two attached hydrogens (primary N) is 10. The number of nitrogens with zero attached hydrogens (tertiary/aromatic N) is 4. The second kappa shape index (κ2) is 61.3. The van der Waals surface area contributed by atoms with Gasteiger partial charge in [-0.15, -0.1) is 0 Å². The molecule has 0 radical (unpaired) electrons. The minimum absolute atomic E-state index is 0.00634. The van der Waals surface area contributed by atoms with E-state index in [4.69, 9.17) is 62.4 Å². The summed E-state index contributed by atoms with van der Waals surface area (Å²) in [5.74, 6) is -19.3. The summed E-state index contributed by atoms with van der Waals surface area (Å²) in [5, 5.41) is 82.5. The minimum atomic E-state index is -1.86. The van der Waals surface area contributed by atoms with Gasteiger partial charge in [0.25, 0.3) is 0 Å². The predicted molar refractivity (Wildman–Crippen MR) is 449 cm³/mol. The van der Waals surface area contributed by atoms with E-state index in [9.17, 15) is 102 Å². The summed E-state index contributed by atoms with van der Waals surface area (Å²) < 4.78 is 0. The van der Waals surface area contributed by atoms with E-state index >= 15 is 0 Å². The van der Waals surface area contributed by atoms with Crippen molar-refractivity contribution in [1.82, 2.24) is 74.4 Å². The lowest BCUT2D eigenvalue weighted by atomic mass is 10.0. The Morgan fingerprint density at radius 2 is 0.612 bits per heavy atom. The first-order chi connectivity index (χ1) is 57.0. The third kappa shape index (κ3) is 48.1. The van der Waals surface area contributed by atoms with Crippen molar-refractivity contribution in [2.24, 2.45) is 83.2 Å². The number of aliphatic imine (C=N–C) groups is 4. The van der Waals surface area contributed by atoms with Crippen LogP contribution < -0.4 is 132 Å². The number of carboxylic acid groups (broad SMARTS) is 2. The van der Waals surface area contributed by atoms with Crippen molar-refractivity contribution in [3.63, 3.8) is 0 Å². The van der Waals surface area contributed by atoms with Gasteiger partial charge in [-0.2, -0.15) is 35.3 Å². The van der Waals surface area contributed by atoms with Crippen molar-refractivity contribution in [3.05, 3.63) is 0 Å². The molecule has 0 saturated carbocycles. The molecule has 0 aliphatic heterocycles. The molecule has 0 fully saturated rings. The summed E-state index contributed by atoms with van der Waals surface area (Å²) in [4.78, 5) is 245. The Balaban J connectivity index is 6.98. The summed E-state index contributed by atoms with van der Waals surface area (Å²) in [7, 11) is 0. The zero-order chi connectivity index (χ0) is 92.0. The molecular weight excluding hydrogens is 1660 g/mol. The summed E-state index contributed by atoms with van der Waals surface area (Å²) in [6.07, 6.45) is 0.875. The van der Waals surface area contributed by atoms with Crippen LogP contribution in [0.1, 0.15) is 117 Å². The van der Waals surface area contributed by atoms with Crippen LogP contribution in [0.2, 0.25) is 0 Å². The smallest absolute Gasteiger partial charge is 0.328 e. The molecule has 0 saturated heterocycles. The van der Waals surface area contributed by atoms with Gasteiger partial charge in [0.05, 0.1) is 38.4 Å². The number of nitrogens with one attached hydrogen (secondary N) is 14. The lowest BCUT2D eigenvalue weighted by Crippen LogP contribution is -2.61. The maximum Gasteiger partial charge on any atom is 0.328 e. The monoisotopic (exact) mass is 1780 g/mol. The third-order valence-corrected chi connectivity index (χ3v) is 19.1. The first kappa shape index (κ1) is 110. The molecule has 0 aromatic heterocycles. The molecule has 0 bridgehead atoms. The lowest BCUT2D eigenvalue weighted by Gasteiger charge is -2.29. The van der Waals surface area contributed by atoms with Crippen LogP contribution in [0, 0.1) is 5.92 Å². The quantitative estimate of drug-likeness (QED) is 0.0153. The number of aliphatic carboxylic acids is 2. The Hall–Kier alpha value is -11.0. The van der Waals surface area contributed by atoms with Crippen molar-refractivity contribution in [2.75, 3.05) is 88.5 Å². The number of hydrogen-bond acceptors (Lipinski definition) is 28. The molecule has 0 aliphatic rings. The van der Waals surface area contributed by atoms with E-state index in [2.05, 4.69) is 89.1 Å². The van der Waals surface area contributed by atoms with Crippen molar-refractivity contribution in [1.29, 1.82) is 0 Å². The SMILES string of the molecule is CSCC[C@H](NC(=O)[C@H](CCCN=C(N)N)NC(=O)[C@H](CCSC)NC(=O)[C@@H](NC(=O)[C@H](CCC(N)=O)NC(=O)[C@H](CO)NC(=O)[C@H](CCSC)NC(=O)[C@H](CCCN=C(N)N)NC(=O)[C@@H](N)CCC(=O)O)C(C)C)C(=O)NCC(=O)N[C@@H](CCCN=C(N)N)C(=O)NCC(=O)N[C@@H](CCCN=C(N)N)C(=O)N[C@H](C(=O)N[C@@H](CO)C(=O)O)[C@@H](C)O. The molecule has 14 atom stereocenters. The van der Waals surface area contributed by atoms with E-state index in [0.717, 1.165) is 6.92 Å². The van der Waals surface area contributed by atoms with Crippen molar-refractivity contribution < 1.29 is 107 Å². The molecule has 53 heteroatoms. The molecule has 0 unspecified atom stereocenters. The number of rotatable bonds is 64. The molecule has 0 rings (SSSR count). The number of guanidine groups is 4. The normalized spacial score (nSPS) is 14.4. The van der Waals surface area contributed by atoms with E-state index < -0.39 is 237 Å². The second-order valence-electron chi connectivity index (χ2n) is 27.5. The highest BCUT2D eigenvalue weighted by atomic mass is 32.2. The van der Waals surface area contributed by atoms with Crippen LogP contribution in [0.4, 0.5) is 0 Å². The fourth-order valence-electron chi connectivity index (χ4n) is 10.6. The van der Waals surface area contributed by atoms with E-state index in [0.29, 0.717) is 0 Å². The molecule has 50 nitrogen and oxygen atoms in total. The molecule has 15 amide bonds. The molecule has 0 aromatic rings. The fraction of sp³-hybridized carbons (Fsp3) is 0.691. The molecule has 121 heavy (non-hydrogen) atoms. The Bertz CT molecular complexity index is 3530.